The SMILES string of the molecule is Cc1n[nH]c(C)c1[C@H]1CCCN1C(=O)N[C@H](c1nccs1)C1CC1. The molecular formula is C17H23N5OS. The first kappa shape index (κ1) is 15.6. The van der Waals surface area contributed by atoms with E-state index < -0.39 is 0 Å². The van der Waals surface area contributed by atoms with Gasteiger partial charge in [0.2, 0.25) is 0 Å². The lowest BCUT2D eigenvalue weighted by Crippen LogP contribution is -2.42. The molecule has 2 aliphatic rings. The van der Waals surface area contributed by atoms with Gasteiger partial charge in [0.25, 0.3) is 0 Å². The van der Waals surface area contributed by atoms with Crippen LogP contribution in [-0.2, 0) is 0 Å². The number of H-pyrrole nitrogens is 1. The summed E-state index contributed by atoms with van der Waals surface area (Å²) in [5, 5.41) is 13.6. The van der Waals surface area contributed by atoms with Crippen LogP contribution in [0.4, 0.5) is 4.79 Å². The number of rotatable bonds is 4. The summed E-state index contributed by atoms with van der Waals surface area (Å²) < 4.78 is 0. The van der Waals surface area contributed by atoms with Gasteiger partial charge in [-0.05, 0) is 45.4 Å². The van der Waals surface area contributed by atoms with Crippen molar-refractivity contribution in [1.29, 1.82) is 0 Å². The van der Waals surface area contributed by atoms with E-state index in [2.05, 4.69) is 20.5 Å². The fourth-order valence-electron chi connectivity index (χ4n) is 3.78. The van der Waals surface area contributed by atoms with Crippen LogP contribution in [0.3, 0.4) is 0 Å². The monoisotopic (exact) mass is 345 g/mol. The Bertz CT molecular complexity index is 702. The largest absolute Gasteiger partial charge is 0.328 e. The second kappa shape index (κ2) is 6.20. The van der Waals surface area contributed by atoms with Crippen LogP contribution in [0, 0.1) is 19.8 Å². The van der Waals surface area contributed by atoms with Gasteiger partial charge in [0.15, 0.2) is 0 Å². The molecule has 2 aromatic rings. The van der Waals surface area contributed by atoms with Crippen molar-refractivity contribution in [2.75, 3.05) is 6.54 Å². The molecular weight excluding hydrogens is 322 g/mol. The van der Waals surface area contributed by atoms with Crippen molar-refractivity contribution in [3.63, 3.8) is 0 Å². The summed E-state index contributed by atoms with van der Waals surface area (Å²) >= 11 is 1.63. The Morgan fingerprint density at radius 3 is 2.88 bits per heavy atom. The molecule has 1 saturated carbocycles. The fourth-order valence-corrected chi connectivity index (χ4v) is 4.56. The molecule has 2 N–H and O–H groups in total. The first-order chi connectivity index (χ1) is 11.6. The van der Waals surface area contributed by atoms with E-state index in [-0.39, 0.29) is 18.1 Å². The minimum absolute atomic E-state index is 0.0320. The average molecular weight is 345 g/mol. The zero-order valence-electron chi connectivity index (χ0n) is 14.1. The molecule has 4 rings (SSSR count). The molecule has 2 aromatic heterocycles. The lowest BCUT2D eigenvalue weighted by Gasteiger charge is -2.28. The van der Waals surface area contributed by atoms with Gasteiger partial charge in [0.05, 0.1) is 17.8 Å². The van der Waals surface area contributed by atoms with E-state index in [0.29, 0.717) is 5.92 Å². The summed E-state index contributed by atoms with van der Waals surface area (Å²) in [6, 6.07) is 0.217. The molecule has 1 aliphatic carbocycles. The first-order valence-electron chi connectivity index (χ1n) is 8.63. The van der Waals surface area contributed by atoms with Gasteiger partial charge in [-0.3, -0.25) is 5.10 Å². The Labute approximate surface area is 145 Å². The molecule has 6 nitrogen and oxygen atoms in total. The molecule has 3 heterocycles. The van der Waals surface area contributed by atoms with E-state index in [0.717, 1.165) is 35.8 Å². The molecule has 2 amide bonds. The minimum atomic E-state index is 0.0320. The molecule has 0 bridgehead atoms. The standard InChI is InChI=1S/C17H23N5OS/c1-10-14(11(2)21-20-10)13-4-3-8-22(13)17(23)19-15(12-5-6-12)16-18-7-9-24-16/h7,9,12-13,15H,3-6,8H2,1-2H3,(H,19,23)(H,20,21)/t13-,15+/m1/s1. The number of aromatic amines is 1. The van der Waals surface area contributed by atoms with Gasteiger partial charge in [-0.25, -0.2) is 9.78 Å². The minimum Gasteiger partial charge on any atom is -0.328 e. The Morgan fingerprint density at radius 2 is 2.25 bits per heavy atom. The molecule has 0 aromatic carbocycles. The Morgan fingerprint density at radius 1 is 1.42 bits per heavy atom. The predicted octanol–water partition coefficient (Wildman–Crippen LogP) is 3.48. The third-order valence-corrected chi connectivity index (χ3v) is 5.98. The summed E-state index contributed by atoms with van der Waals surface area (Å²) in [7, 11) is 0. The second-order valence-electron chi connectivity index (χ2n) is 6.83. The molecule has 7 heteroatoms. The van der Waals surface area contributed by atoms with E-state index >= 15 is 0 Å². The van der Waals surface area contributed by atoms with Crippen LogP contribution in [0.1, 0.15) is 59.7 Å². The number of amides is 2. The fraction of sp³-hybridized carbons (Fsp3) is 0.588. The van der Waals surface area contributed by atoms with Crippen LogP contribution < -0.4 is 5.32 Å². The average Bonchev–Trinajstić information content (AvgIpc) is 2.97. The number of hydrogen-bond donors (Lipinski definition) is 2. The van der Waals surface area contributed by atoms with Gasteiger partial charge < -0.3 is 10.2 Å². The number of nitrogens with one attached hydrogen (secondary N) is 2. The maximum absolute atomic E-state index is 13.0. The van der Waals surface area contributed by atoms with Gasteiger partial charge in [-0.15, -0.1) is 11.3 Å². The Kier molecular flexibility index (Phi) is 4.04. The molecule has 2 atom stereocenters. The van der Waals surface area contributed by atoms with Crippen LogP contribution in [-0.4, -0.2) is 32.7 Å². The van der Waals surface area contributed by atoms with Crippen LogP contribution in [0.2, 0.25) is 0 Å². The van der Waals surface area contributed by atoms with Crippen molar-refractivity contribution in [1.82, 2.24) is 25.4 Å². The zero-order chi connectivity index (χ0) is 16.7. The van der Waals surface area contributed by atoms with Crippen molar-refractivity contribution in [2.45, 2.75) is 51.6 Å². The third kappa shape index (κ3) is 2.81. The summed E-state index contributed by atoms with van der Waals surface area (Å²) in [5.41, 5.74) is 3.24. The molecule has 2 fully saturated rings. The molecule has 0 spiro atoms. The highest BCUT2D eigenvalue weighted by molar-refractivity contribution is 7.09. The van der Waals surface area contributed by atoms with Crippen molar-refractivity contribution < 1.29 is 4.79 Å². The molecule has 128 valence electrons. The van der Waals surface area contributed by atoms with Crippen molar-refractivity contribution >= 4 is 17.4 Å². The lowest BCUT2D eigenvalue weighted by molar-refractivity contribution is 0.187. The van der Waals surface area contributed by atoms with E-state index in [9.17, 15) is 4.79 Å². The Hall–Kier alpha value is -1.89. The number of thiazole rings is 1. The topological polar surface area (TPSA) is 73.9 Å². The predicted molar refractivity (Wildman–Crippen MR) is 92.9 cm³/mol. The summed E-state index contributed by atoms with van der Waals surface area (Å²) in [5.74, 6) is 0.540. The number of aryl methyl sites for hydroxylation is 2. The van der Waals surface area contributed by atoms with E-state index in [1.807, 2.05) is 30.3 Å². The third-order valence-electron chi connectivity index (χ3n) is 5.12. The highest BCUT2D eigenvalue weighted by Gasteiger charge is 2.38. The van der Waals surface area contributed by atoms with Gasteiger partial charge in [-0.2, -0.15) is 5.10 Å². The van der Waals surface area contributed by atoms with Gasteiger partial charge in [-0.1, -0.05) is 0 Å². The number of urea groups is 1. The number of nitrogens with zero attached hydrogens (tertiary/aromatic N) is 3. The van der Waals surface area contributed by atoms with Crippen LogP contribution >= 0.6 is 11.3 Å². The maximum Gasteiger partial charge on any atom is 0.318 e. The van der Waals surface area contributed by atoms with Gasteiger partial charge in [0, 0.05) is 29.4 Å². The molecule has 0 unspecified atom stereocenters. The number of likely N-dealkylation sites (tertiary alicyclic amines) is 1. The van der Waals surface area contributed by atoms with Gasteiger partial charge >= 0.3 is 6.03 Å². The lowest BCUT2D eigenvalue weighted by atomic mass is 10.0. The first-order valence-corrected chi connectivity index (χ1v) is 9.51. The normalized spacial score (nSPS) is 21.9. The summed E-state index contributed by atoms with van der Waals surface area (Å²) in [6.45, 7) is 4.85. The molecule has 0 radical (unpaired) electrons. The number of aromatic nitrogens is 3. The summed E-state index contributed by atoms with van der Waals surface area (Å²) in [4.78, 5) is 19.4. The van der Waals surface area contributed by atoms with Crippen LogP contribution in [0.5, 0.6) is 0 Å². The zero-order valence-corrected chi connectivity index (χ0v) is 14.9. The van der Waals surface area contributed by atoms with E-state index in [4.69, 9.17) is 0 Å². The molecule has 1 aliphatic heterocycles. The van der Waals surface area contributed by atoms with Crippen LogP contribution in [0.15, 0.2) is 11.6 Å². The number of carbonyl (C=O) groups is 1. The highest BCUT2D eigenvalue weighted by Crippen LogP contribution is 2.42. The number of carbonyl (C=O) groups excluding carboxylic acids is 1. The Balaban J connectivity index is 1.53. The highest BCUT2D eigenvalue weighted by atomic mass is 32.1. The quantitative estimate of drug-likeness (QED) is 0.891. The maximum atomic E-state index is 13.0. The van der Waals surface area contributed by atoms with Crippen LogP contribution in [0.25, 0.3) is 0 Å². The van der Waals surface area contributed by atoms with Gasteiger partial charge in [0.1, 0.15) is 5.01 Å². The molecule has 1 saturated heterocycles. The van der Waals surface area contributed by atoms with Crippen molar-refractivity contribution in [2.24, 2.45) is 5.92 Å². The molecule has 24 heavy (non-hydrogen) atoms. The van der Waals surface area contributed by atoms with Crippen molar-refractivity contribution in [3.8, 4) is 0 Å². The number of hydrogen-bond acceptors (Lipinski definition) is 4. The van der Waals surface area contributed by atoms with E-state index in [1.54, 1.807) is 11.3 Å². The van der Waals surface area contributed by atoms with Crippen molar-refractivity contribution in [3.05, 3.63) is 33.5 Å². The smallest absolute Gasteiger partial charge is 0.318 e. The second-order valence-corrected chi connectivity index (χ2v) is 7.76. The van der Waals surface area contributed by atoms with E-state index in [1.165, 1.54) is 18.4 Å². The summed E-state index contributed by atoms with van der Waals surface area (Å²) in [6.07, 6.45) is 6.20.